The van der Waals surface area contributed by atoms with E-state index in [0.717, 1.165) is 37.4 Å². The summed E-state index contributed by atoms with van der Waals surface area (Å²) >= 11 is 0. The van der Waals surface area contributed by atoms with Crippen LogP contribution in [0.1, 0.15) is 11.1 Å². The first-order chi connectivity index (χ1) is 19.2. The Kier molecular flexibility index (Phi) is 8.22. The number of hydrogen-bond donors (Lipinski definition) is 2. The number of benzene rings is 3. The van der Waals surface area contributed by atoms with Gasteiger partial charge in [0.25, 0.3) is 0 Å². The summed E-state index contributed by atoms with van der Waals surface area (Å²) in [5.41, 5.74) is 0.768. The van der Waals surface area contributed by atoms with Gasteiger partial charge in [-0.2, -0.15) is 0 Å². The number of nitrogens with zero attached hydrogens (tertiary/aromatic N) is 1. The molecule has 3 aromatic carbocycles. The van der Waals surface area contributed by atoms with E-state index in [0.29, 0.717) is 48.4 Å². The van der Waals surface area contributed by atoms with Crippen molar-refractivity contribution < 1.29 is 41.3 Å². The molecule has 1 saturated carbocycles. The largest absolute Gasteiger partial charge is 0.492 e. The minimum atomic E-state index is -1.41. The lowest BCUT2D eigenvalue weighted by Crippen LogP contribution is -2.33. The molecule has 1 aliphatic carbocycles. The van der Waals surface area contributed by atoms with Gasteiger partial charge in [0.2, 0.25) is 0 Å². The predicted octanol–water partition coefficient (Wildman–Crippen LogP) is 4.56. The van der Waals surface area contributed by atoms with Crippen LogP contribution in [0, 0.1) is 40.9 Å². The number of piperidine rings is 1. The molecule has 6 nitrogen and oxygen atoms in total. The van der Waals surface area contributed by atoms with Gasteiger partial charge in [-0.15, -0.1) is 0 Å². The number of carbonyl (C=O) groups is 1. The summed E-state index contributed by atoms with van der Waals surface area (Å²) < 4.78 is 78.7. The van der Waals surface area contributed by atoms with Crippen LogP contribution in [0.3, 0.4) is 0 Å². The van der Waals surface area contributed by atoms with Crippen molar-refractivity contribution in [2.45, 2.75) is 25.1 Å². The highest BCUT2D eigenvalue weighted by molar-refractivity contribution is 5.73. The Morgan fingerprint density at radius 3 is 2.33 bits per heavy atom. The van der Waals surface area contributed by atoms with Crippen LogP contribution in [0.2, 0.25) is 0 Å². The fourth-order valence-corrected chi connectivity index (χ4v) is 5.20. The molecular formula is C29H27F5N2O4. The fraction of sp³-hybridized carbons (Fsp3) is 0.345. The molecule has 1 heterocycles. The molecule has 1 aliphatic heterocycles. The average molecular weight is 563 g/mol. The van der Waals surface area contributed by atoms with Gasteiger partial charge in [0.1, 0.15) is 24.0 Å². The number of nitrogens with one attached hydrogen (secondary N) is 1. The summed E-state index contributed by atoms with van der Waals surface area (Å²) in [4.78, 5) is 13.6. The van der Waals surface area contributed by atoms with Crippen LogP contribution in [0.4, 0.5) is 22.0 Å². The molecule has 4 atom stereocenters. The minimum Gasteiger partial charge on any atom is -0.492 e. The van der Waals surface area contributed by atoms with Crippen LogP contribution in [0.15, 0.2) is 54.6 Å². The first-order valence-electron chi connectivity index (χ1n) is 12.8. The number of halogens is 5. The van der Waals surface area contributed by atoms with Crippen molar-refractivity contribution in [3.8, 4) is 11.5 Å². The lowest BCUT2D eigenvalue weighted by Gasteiger charge is -2.20. The maximum Gasteiger partial charge on any atom is 0.345 e. The summed E-state index contributed by atoms with van der Waals surface area (Å²) in [6.07, 6.45) is -1.46. The van der Waals surface area contributed by atoms with Crippen LogP contribution in [0.25, 0.3) is 0 Å². The first-order valence-corrected chi connectivity index (χ1v) is 12.8. The highest BCUT2D eigenvalue weighted by Crippen LogP contribution is 2.45. The molecular weight excluding hydrogens is 535 g/mol. The Bertz CT molecular complexity index is 1360. The van der Waals surface area contributed by atoms with E-state index >= 15 is 0 Å². The summed E-state index contributed by atoms with van der Waals surface area (Å²) in [7, 11) is 0. The van der Waals surface area contributed by atoms with E-state index in [1.54, 1.807) is 24.3 Å². The van der Waals surface area contributed by atoms with E-state index in [9.17, 15) is 31.9 Å². The number of ether oxygens (including phenoxy) is 2. The normalized spacial score (nSPS) is 20.7. The van der Waals surface area contributed by atoms with Crippen LogP contribution in [-0.4, -0.2) is 54.4 Å². The van der Waals surface area contributed by atoms with Crippen LogP contribution >= 0.6 is 0 Å². The van der Waals surface area contributed by atoms with Crippen LogP contribution < -0.4 is 14.8 Å². The highest BCUT2D eigenvalue weighted by atomic mass is 19.2. The van der Waals surface area contributed by atoms with Gasteiger partial charge in [-0.3, -0.25) is 4.90 Å². The zero-order valence-electron chi connectivity index (χ0n) is 21.3. The monoisotopic (exact) mass is 562 g/mol. The molecule has 0 aromatic heterocycles. The van der Waals surface area contributed by atoms with E-state index in [1.807, 2.05) is 4.90 Å². The quantitative estimate of drug-likeness (QED) is 0.192. The van der Waals surface area contributed by atoms with Gasteiger partial charge in [-0.1, -0.05) is 12.1 Å². The predicted molar refractivity (Wildman–Crippen MR) is 134 cm³/mol. The summed E-state index contributed by atoms with van der Waals surface area (Å²) in [5, 5.41) is 12.9. The van der Waals surface area contributed by atoms with Gasteiger partial charge < -0.3 is 19.9 Å². The second kappa shape index (κ2) is 11.8. The molecule has 11 heteroatoms. The van der Waals surface area contributed by atoms with Gasteiger partial charge in [0.05, 0.1) is 0 Å². The van der Waals surface area contributed by atoms with Gasteiger partial charge in [-0.25, -0.2) is 26.7 Å². The summed E-state index contributed by atoms with van der Waals surface area (Å²) in [5.74, 6) is -4.93. The highest BCUT2D eigenvalue weighted by Gasteiger charge is 2.55. The standard InChI is InChI=1S/C29H27F5N2O4/c30-18-3-6-22(31)26(11-18)40-27(29(37)38)9-16-1-4-19(5-2-16)39-8-7-35-28-20-14-36(15-21(20)28)13-17-10-24(33)25(34)12-23(17)32/h1-6,10-12,20-21,27-28,35H,7-9,13-15H2,(H,37,38)/t20-,21?,27-,28?/m0/s1. The second-order valence-electron chi connectivity index (χ2n) is 10.1. The molecule has 0 bridgehead atoms. The third-order valence-electron chi connectivity index (χ3n) is 7.29. The summed E-state index contributed by atoms with van der Waals surface area (Å²) in [6.45, 7) is 2.74. The second-order valence-corrected chi connectivity index (χ2v) is 10.1. The van der Waals surface area contributed by atoms with E-state index in [4.69, 9.17) is 9.47 Å². The zero-order chi connectivity index (χ0) is 28.4. The Balaban J connectivity index is 1.02. The van der Waals surface area contributed by atoms with Crippen LogP contribution in [-0.2, 0) is 17.8 Å². The molecule has 2 unspecified atom stereocenters. The van der Waals surface area contributed by atoms with Gasteiger partial charge in [-0.05, 0) is 47.7 Å². The number of likely N-dealkylation sites (tertiary alicyclic amines) is 1. The minimum absolute atomic E-state index is 0.0582. The first kappa shape index (κ1) is 27.9. The zero-order valence-corrected chi connectivity index (χ0v) is 21.3. The van der Waals surface area contributed by atoms with Crippen molar-refractivity contribution in [3.05, 3.63) is 94.8 Å². The molecule has 0 amide bonds. The smallest absolute Gasteiger partial charge is 0.345 e. The number of rotatable bonds is 12. The van der Waals surface area contributed by atoms with Crippen molar-refractivity contribution in [1.82, 2.24) is 10.2 Å². The Morgan fingerprint density at radius 1 is 0.925 bits per heavy atom. The maximum atomic E-state index is 13.9. The molecule has 2 N–H and O–H groups in total. The van der Waals surface area contributed by atoms with E-state index < -0.39 is 46.9 Å². The van der Waals surface area contributed by atoms with E-state index in [2.05, 4.69) is 5.32 Å². The van der Waals surface area contributed by atoms with E-state index in [1.165, 1.54) is 0 Å². The molecule has 0 spiro atoms. The molecule has 2 aliphatic rings. The van der Waals surface area contributed by atoms with Gasteiger partial charge in [0, 0.05) is 56.3 Å². The lowest BCUT2D eigenvalue weighted by atomic mass is 10.1. The summed E-state index contributed by atoms with van der Waals surface area (Å²) in [6, 6.07) is 11.2. The van der Waals surface area contributed by atoms with Crippen molar-refractivity contribution in [3.63, 3.8) is 0 Å². The molecule has 212 valence electrons. The lowest BCUT2D eigenvalue weighted by molar-refractivity contribution is -0.145. The molecule has 1 saturated heterocycles. The Morgan fingerprint density at radius 2 is 1.62 bits per heavy atom. The fourth-order valence-electron chi connectivity index (χ4n) is 5.20. The number of carboxylic acid groups (broad SMARTS) is 1. The van der Waals surface area contributed by atoms with E-state index in [-0.39, 0.29) is 18.5 Å². The molecule has 5 rings (SSSR count). The van der Waals surface area contributed by atoms with Crippen molar-refractivity contribution >= 4 is 5.97 Å². The molecule has 3 aromatic rings. The number of carboxylic acids is 1. The van der Waals surface area contributed by atoms with Gasteiger partial charge in [0.15, 0.2) is 29.3 Å². The van der Waals surface area contributed by atoms with Gasteiger partial charge >= 0.3 is 5.97 Å². The maximum absolute atomic E-state index is 13.9. The SMILES string of the molecule is O=C(O)[C@H](Cc1ccc(OCCNC2C3CN(Cc4cc(F)c(F)cc4F)C[C@@H]32)cc1)Oc1cc(F)ccc1F. The Labute approximate surface area is 227 Å². The van der Waals surface area contributed by atoms with Crippen molar-refractivity contribution in [2.75, 3.05) is 26.2 Å². The third kappa shape index (κ3) is 6.53. The molecule has 0 radical (unpaired) electrons. The molecule has 40 heavy (non-hydrogen) atoms. The number of fused-ring (bicyclic) bond motifs is 1. The van der Waals surface area contributed by atoms with Crippen molar-refractivity contribution in [2.24, 2.45) is 11.8 Å². The number of hydrogen-bond acceptors (Lipinski definition) is 5. The van der Waals surface area contributed by atoms with Crippen LogP contribution in [0.5, 0.6) is 11.5 Å². The molecule has 2 fully saturated rings. The van der Waals surface area contributed by atoms with Crippen molar-refractivity contribution in [1.29, 1.82) is 0 Å². The topological polar surface area (TPSA) is 71.0 Å². The third-order valence-corrected chi connectivity index (χ3v) is 7.29. The Hall–Kier alpha value is -3.70. The average Bonchev–Trinajstić information content (AvgIpc) is 3.36. The number of aliphatic carboxylic acids is 1.